The van der Waals surface area contributed by atoms with Gasteiger partial charge in [0.1, 0.15) is 23.7 Å². The molecule has 160 valence electrons. The minimum absolute atomic E-state index is 0.259. The quantitative estimate of drug-likeness (QED) is 0.627. The van der Waals surface area contributed by atoms with Crippen LogP contribution in [0.25, 0.3) is 0 Å². The topological polar surface area (TPSA) is 65.9 Å². The summed E-state index contributed by atoms with van der Waals surface area (Å²) >= 11 is 0. The monoisotopic (exact) mass is 417 g/mol. The fraction of sp³-hybridized carbons (Fsp3) is 0.280. The van der Waals surface area contributed by atoms with Crippen molar-refractivity contribution in [1.82, 2.24) is 9.88 Å². The summed E-state index contributed by atoms with van der Waals surface area (Å²) in [5, 5.41) is 9.41. The summed E-state index contributed by atoms with van der Waals surface area (Å²) in [6.07, 6.45) is 1.65. The molecule has 1 aromatic heterocycles. The molecule has 1 aliphatic heterocycles. The number of hydrogen-bond donors (Lipinski definition) is 1. The van der Waals surface area contributed by atoms with Gasteiger partial charge in [-0.05, 0) is 42.3 Å². The van der Waals surface area contributed by atoms with Crippen LogP contribution in [-0.4, -0.2) is 47.1 Å². The molecule has 1 fully saturated rings. The molecule has 0 atom stereocenters. The number of ether oxygens (including phenoxy) is 1. The van der Waals surface area contributed by atoms with E-state index in [-0.39, 0.29) is 5.56 Å². The van der Waals surface area contributed by atoms with Gasteiger partial charge in [0.25, 0.3) is 0 Å². The van der Waals surface area contributed by atoms with E-state index in [9.17, 15) is 9.90 Å². The van der Waals surface area contributed by atoms with Crippen molar-refractivity contribution in [2.45, 2.75) is 20.1 Å². The largest absolute Gasteiger partial charge is 0.489 e. The van der Waals surface area contributed by atoms with Crippen LogP contribution in [0.3, 0.4) is 0 Å². The van der Waals surface area contributed by atoms with Gasteiger partial charge in [-0.3, -0.25) is 4.90 Å². The summed E-state index contributed by atoms with van der Waals surface area (Å²) in [6, 6.07) is 19.9. The third-order valence-electron chi connectivity index (χ3n) is 5.48. The number of anilines is 1. The Hall–Kier alpha value is -3.38. The second kappa shape index (κ2) is 9.62. The zero-order chi connectivity index (χ0) is 21.6. The lowest BCUT2D eigenvalue weighted by atomic mass is 10.1. The number of aryl methyl sites for hydroxylation is 1. The summed E-state index contributed by atoms with van der Waals surface area (Å²) in [7, 11) is 0. The first-order valence-corrected chi connectivity index (χ1v) is 10.5. The van der Waals surface area contributed by atoms with Crippen LogP contribution in [0.5, 0.6) is 5.75 Å². The van der Waals surface area contributed by atoms with Crippen molar-refractivity contribution in [3.05, 3.63) is 89.1 Å². The summed E-state index contributed by atoms with van der Waals surface area (Å²) in [4.78, 5) is 20.2. The van der Waals surface area contributed by atoms with Crippen molar-refractivity contribution in [3.8, 4) is 5.75 Å². The molecule has 4 rings (SSSR count). The molecule has 0 saturated carbocycles. The van der Waals surface area contributed by atoms with E-state index in [0.29, 0.717) is 12.4 Å². The lowest BCUT2D eigenvalue weighted by Crippen LogP contribution is -2.46. The predicted molar refractivity (Wildman–Crippen MR) is 121 cm³/mol. The molecule has 6 nitrogen and oxygen atoms in total. The average Bonchev–Trinajstić information content (AvgIpc) is 2.79. The minimum atomic E-state index is -0.937. The average molecular weight is 418 g/mol. The van der Waals surface area contributed by atoms with E-state index in [1.807, 2.05) is 12.1 Å². The van der Waals surface area contributed by atoms with Crippen LogP contribution in [0.4, 0.5) is 5.82 Å². The highest BCUT2D eigenvalue weighted by atomic mass is 16.5. The van der Waals surface area contributed by atoms with Crippen molar-refractivity contribution >= 4 is 11.8 Å². The number of benzene rings is 2. The number of carbonyl (C=O) groups is 1. The molecule has 0 aliphatic carbocycles. The third-order valence-corrected chi connectivity index (χ3v) is 5.48. The van der Waals surface area contributed by atoms with Gasteiger partial charge in [0.05, 0.1) is 0 Å². The standard InChI is InChI=1S/C25H27N3O3/c1-19-5-2-7-21(15-19)18-31-22-8-3-6-20(16-22)17-27-11-13-28(14-12-27)24-23(25(29)30)9-4-10-26-24/h2-10,15-16H,11-14,17-18H2,1H3,(H,29,30). The van der Waals surface area contributed by atoms with Gasteiger partial charge in [0.2, 0.25) is 0 Å². The van der Waals surface area contributed by atoms with Crippen LogP contribution in [0, 0.1) is 6.92 Å². The van der Waals surface area contributed by atoms with Crippen LogP contribution < -0.4 is 9.64 Å². The first-order chi connectivity index (χ1) is 15.1. The first-order valence-electron chi connectivity index (χ1n) is 10.5. The van der Waals surface area contributed by atoms with Crippen molar-refractivity contribution in [3.63, 3.8) is 0 Å². The zero-order valence-electron chi connectivity index (χ0n) is 17.7. The smallest absolute Gasteiger partial charge is 0.339 e. The molecule has 3 aromatic rings. The summed E-state index contributed by atoms with van der Waals surface area (Å²) in [5.74, 6) is 0.492. The Morgan fingerprint density at radius 2 is 1.77 bits per heavy atom. The fourth-order valence-electron chi connectivity index (χ4n) is 3.89. The van der Waals surface area contributed by atoms with Crippen LogP contribution in [-0.2, 0) is 13.2 Å². The Balaban J connectivity index is 1.33. The van der Waals surface area contributed by atoms with Crippen molar-refractivity contribution in [2.75, 3.05) is 31.1 Å². The van der Waals surface area contributed by atoms with Crippen LogP contribution >= 0.6 is 0 Å². The van der Waals surface area contributed by atoms with Crippen LogP contribution in [0.1, 0.15) is 27.0 Å². The molecule has 2 aromatic carbocycles. The summed E-state index contributed by atoms with van der Waals surface area (Å²) < 4.78 is 6.00. The molecule has 0 unspecified atom stereocenters. The molecular weight excluding hydrogens is 390 g/mol. The highest BCUT2D eigenvalue weighted by molar-refractivity contribution is 5.93. The van der Waals surface area contributed by atoms with Gasteiger partial charge < -0.3 is 14.7 Å². The van der Waals surface area contributed by atoms with Crippen molar-refractivity contribution < 1.29 is 14.6 Å². The van der Waals surface area contributed by atoms with E-state index >= 15 is 0 Å². The number of carboxylic acids is 1. The highest BCUT2D eigenvalue weighted by Gasteiger charge is 2.22. The predicted octanol–water partition coefficient (Wildman–Crippen LogP) is 3.99. The molecule has 6 heteroatoms. The maximum absolute atomic E-state index is 11.5. The van der Waals surface area contributed by atoms with Crippen LogP contribution in [0.15, 0.2) is 66.9 Å². The zero-order valence-corrected chi connectivity index (χ0v) is 17.7. The number of rotatable bonds is 7. The summed E-state index contributed by atoms with van der Waals surface area (Å²) in [5.41, 5.74) is 3.86. The summed E-state index contributed by atoms with van der Waals surface area (Å²) in [6.45, 7) is 6.68. The maximum Gasteiger partial charge on any atom is 0.339 e. The molecule has 31 heavy (non-hydrogen) atoms. The van der Waals surface area contributed by atoms with Gasteiger partial charge in [-0.15, -0.1) is 0 Å². The molecule has 2 heterocycles. The number of nitrogens with zero attached hydrogens (tertiary/aromatic N) is 3. The molecule has 1 saturated heterocycles. The Morgan fingerprint density at radius 1 is 1.00 bits per heavy atom. The Morgan fingerprint density at radius 3 is 2.55 bits per heavy atom. The number of aromatic nitrogens is 1. The number of aromatic carboxylic acids is 1. The van der Waals surface area contributed by atoms with Gasteiger partial charge in [-0.25, -0.2) is 9.78 Å². The first kappa shape index (κ1) is 20.9. The van der Waals surface area contributed by atoms with Gasteiger partial charge in [-0.1, -0.05) is 42.0 Å². The van der Waals surface area contributed by atoms with Gasteiger partial charge in [0, 0.05) is 38.9 Å². The van der Waals surface area contributed by atoms with E-state index < -0.39 is 5.97 Å². The lowest BCUT2D eigenvalue weighted by Gasteiger charge is -2.35. The molecule has 0 radical (unpaired) electrons. The second-order valence-electron chi connectivity index (χ2n) is 7.87. The molecule has 0 bridgehead atoms. The number of carboxylic acid groups (broad SMARTS) is 1. The normalized spacial score (nSPS) is 14.4. The number of piperazine rings is 1. The van der Waals surface area contributed by atoms with Gasteiger partial charge in [0.15, 0.2) is 0 Å². The SMILES string of the molecule is Cc1cccc(COc2cccc(CN3CCN(c4ncccc4C(=O)O)CC3)c2)c1. The molecule has 0 amide bonds. The minimum Gasteiger partial charge on any atom is -0.489 e. The van der Waals surface area contributed by atoms with E-state index in [4.69, 9.17) is 4.74 Å². The Bertz CT molecular complexity index is 1050. The van der Waals surface area contributed by atoms with Crippen molar-refractivity contribution in [2.24, 2.45) is 0 Å². The maximum atomic E-state index is 11.5. The number of hydrogen-bond acceptors (Lipinski definition) is 5. The second-order valence-corrected chi connectivity index (χ2v) is 7.87. The third kappa shape index (κ3) is 5.41. The van der Waals surface area contributed by atoms with E-state index in [0.717, 1.165) is 44.0 Å². The molecule has 0 spiro atoms. The van der Waals surface area contributed by atoms with Crippen molar-refractivity contribution in [1.29, 1.82) is 0 Å². The fourth-order valence-corrected chi connectivity index (χ4v) is 3.89. The van der Waals surface area contributed by atoms with Gasteiger partial charge >= 0.3 is 5.97 Å². The van der Waals surface area contributed by atoms with Gasteiger partial charge in [-0.2, -0.15) is 0 Å². The van der Waals surface area contributed by atoms with E-state index in [2.05, 4.69) is 58.1 Å². The molecule has 1 N–H and O–H groups in total. The Kier molecular flexibility index (Phi) is 6.48. The van der Waals surface area contributed by atoms with E-state index in [1.165, 1.54) is 11.1 Å². The van der Waals surface area contributed by atoms with E-state index in [1.54, 1.807) is 18.3 Å². The Labute approximate surface area is 182 Å². The molecule has 1 aliphatic rings. The number of pyridine rings is 1. The lowest BCUT2D eigenvalue weighted by molar-refractivity contribution is 0.0697. The van der Waals surface area contributed by atoms with Crippen LogP contribution in [0.2, 0.25) is 0 Å². The molecular formula is C25H27N3O3. The highest BCUT2D eigenvalue weighted by Crippen LogP contribution is 2.21.